The maximum atomic E-state index is 8.74. The Kier molecular flexibility index (Phi) is 5.57. The van der Waals surface area contributed by atoms with E-state index in [0.717, 1.165) is 0 Å². The summed E-state index contributed by atoms with van der Waals surface area (Å²) in [7, 11) is 0. The topological polar surface area (TPSA) is 78.2 Å². The van der Waals surface area contributed by atoms with Crippen LogP contribution in [0.1, 0.15) is 5.56 Å². The van der Waals surface area contributed by atoms with Crippen molar-refractivity contribution in [2.24, 2.45) is 0 Å². The Balaban J connectivity index is 2.45. The highest BCUT2D eigenvalue weighted by atomic mass is 35.5. The number of ether oxygens (including phenoxy) is 1. The Bertz CT molecular complexity index is 379. The van der Waals surface area contributed by atoms with Gasteiger partial charge in [0.15, 0.2) is 0 Å². The van der Waals surface area contributed by atoms with Gasteiger partial charge in [0.05, 0.1) is 25.4 Å². The van der Waals surface area contributed by atoms with Crippen LogP contribution in [0.15, 0.2) is 12.3 Å². The van der Waals surface area contributed by atoms with Gasteiger partial charge in [-0.3, -0.25) is 0 Å². The largest absolute Gasteiger partial charge is 0.394 e. The first-order chi connectivity index (χ1) is 7.79. The molecule has 0 aliphatic heterocycles. The second-order valence-corrected chi connectivity index (χ2v) is 3.27. The second kappa shape index (κ2) is 7.01. The van der Waals surface area contributed by atoms with Gasteiger partial charge >= 0.3 is 0 Å². The minimum absolute atomic E-state index is 0.00290. The number of nitrogens with one attached hydrogen (secondary N) is 1. The van der Waals surface area contributed by atoms with Gasteiger partial charge in [0.2, 0.25) is 0 Å². The quantitative estimate of drug-likeness (QED) is 0.728. The van der Waals surface area contributed by atoms with Crippen molar-refractivity contribution in [3.05, 3.63) is 22.8 Å². The SMILES string of the molecule is N#Cc1ccnc(NCCOCCO)c1Cl. The number of hydrogen-bond acceptors (Lipinski definition) is 5. The normalized spacial score (nSPS) is 9.81. The minimum Gasteiger partial charge on any atom is -0.394 e. The number of anilines is 1. The molecule has 0 aliphatic carbocycles. The van der Waals surface area contributed by atoms with Gasteiger partial charge < -0.3 is 15.2 Å². The van der Waals surface area contributed by atoms with E-state index in [-0.39, 0.29) is 6.61 Å². The number of rotatable bonds is 6. The number of hydrogen-bond donors (Lipinski definition) is 2. The molecule has 0 bridgehead atoms. The molecule has 6 heteroatoms. The van der Waals surface area contributed by atoms with E-state index in [4.69, 9.17) is 26.7 Å². The number of nitrogens with zero attached hydrogens (tertiary/aromatic N) is 2. The fraction of sp³-hybridized carbons (Fsp3) is 0.400. The van der Waals surface area contributed by atoms with E-state index >= 15 is 0 Å². The van der Waals surface area contributed by atoms with Crippen molar-refractivity contribution in [3.8, 4) is 6.07 Å². The molecule has 0 aromatic carbocycles. The number of aromatic nitrogens is 1. The molecular weight excluding hydrogens is 230 g/mol. The van der Waals surface area contributed by atoms with Gasteiger partial charge in [-0.05, 0) is 6.07 Å². The molecule has 1 heterocycles. The Morgan fingerprint density at radius 2 is 2.38 bits per heavy atom. The summed E-state index contributed by atoms with van der Waals surface area (Å²) in [4.78, 5) is 4.01. The second-order valence-electron chi connectivity index (χ2n) is 2.90. The first-order valence-electron chi connectivity index (χ1n) is 4.76. The number of aliphatic hydroxyl groups is 1. The van der Waals surface area contributed by atoms with Crippen molar-refractivity contribution in [2.75, 3.05) is 31.7 Å². The van der Waals surface area contributed by atoms with Crippen LogP contribution in [0.25, 0.3) is 0 Å². The van der Waals surface area contributed by atoms with Gasteiger partial charge in [-0.25, -0.2) is 4.98 Å². The standard InChI is InChI=1S/C10H12ClN3O2/c11-9-8(7-12)1-2-13-10(9)14-3-5-16-6-4-15/h1-2,15H,3-6H2,(H,13,14). The van der Waals surface area contributed by atoms with Gasteiger partial charge in [-0.15, -0.1) is 0 Å². The van der Waals surface area contributed by atoms with Gasteiger partial charge in [0, 0.05) is 12.7 Å². The predicted octanol–water partition coefficient (Wildman–Crippen LogP) is 1.03. The fourth-order valence-corrected chi connectivity index (χ4v) is 1.28. The third kappa shape index (κ3) is 3.66. The molecule has 0 amide bonds. The molecule has 2 N–H and O–H groups in total. The van der Waals surface area contributed by atoms with Crippen molar-refractivity contribution in [3.63, 3.8) is 0 Å². The van der Waals surface area contributed by atoms with Crippen molar-refractivity contribution >= 4 is 17.4 Å². The first-order valence-corrected chi connectivity index (χ1v) is 5.14. The minimum atomic E-state index is 0.00290. The highest BCUT2D eigenvalue weighted by Gasteiger charge is 2.05. The number of aliphatic hydroxyl groups excluding tert-OH is 1. The molecule has 0 fully saturated rings. The Morgan fingerprint density at radius 1 is 1.56 bits per heavy atom. The molecular formula is C10H12ClN3O2. The molecule has 1 rings (SSSR count). The lowest BCUT2D eigenvalue weighted by molar-refractivity contribution is 0.0992. The zero-order valence-corrected chi connectivity index (χ0v) is 9.37. The van der Waals surface area contributed by atoms with Crippen LogP contribution in [-0.2, 0) is 4.74 Å². The summed E-state index contributed by atoms with van der Waals surface area (Å²) in [5.74, 6) is 0.466. The van der Waals surface area contributed by atoms with Crippen molar-refractivity contribution in [1.82, 2.24) is 4.98 Å². The van der Waals surface area contributed by atoms with Crippen molar-refractivity contribution < 1.29 is 9.84 Å². The third-order valence-electron chi connectivity index (χ3n) is 1.78. The summed E-state index contributed by atoms with van der Waals surface area (Å²) in [5, 5.41) is 20.5. The Hall–Kier alpha value is -1.35. The maximum absolute atomic E-state index is 8.74. The fourth-order valence-electron chi connectivity index (χ4n) is 1.06. The molecule has 1 aromatic heterocycles. The maximum Gasteiger partial charge on any atom is 0.146 e. The van der Waals surface area contributed by atoms with Gasteiger partial charge in [0.1, 0.15) is 16.9 Å². The van der Waals surface area contributed by atoms with Crippen LogP contribution in [0.5, 0.6) is 0 Å². The van der Waals surface area contributed by atoms with Gasteiger partial charge in [-0.1, -0.05) is 11.6 Å². The Labute approximate surface area is 98.6 Å². The molecule has 0 saturated carbocycles. The molecule has 0 spiro atoms. The third-order valence-corrected chi connectivity index (χ3v) is 2.17. The van der Waals surface area contributed by atoms with Crippen LogP contribution < -0.4 is 5.32 Å². The average Bonchev–Trinajstić information content (AvgIpc) is 2.31. The lowest BCUT2D eigenvalue weighted by Gasteiger charge is -2.07. The molecule has 0 saturated heterocycles. The smallest absolute Gasteiger partial charge is 0.146 e. The molecule has 0 radical (unpaired) electrons. The number of halogens is 1. The predicted molar refractivity (Wildman–Crippen MR) is 60.4 cm³/mol. The summed E-state index contributed by atoms with van der Waals surface area (Å²) in [6.45, 7) is 1.26. The van der Waals surface area contributed by atoms with E-state index in [9.17, 15) is 0 Å². The summed E-state index contributed by atoms with van der Waals surface area (Å²) in [6, 6.07) is 3.52. The molecule has 1 aromatic rings. The lowest BCUT2D eigenvalue weighted by Crippen LogP contribution is -2.12. The number of nitriles is 1. The molecule has 5 nitrogen and oxygen atoms in total. The molecule has 0 unspecified atom stereocenters. The zero-order valence-electron chi connectivity index (χ0n) is 8.61. The van der Waals surface area contributed by atoms with Gasteiger partial charge in [-0.2, -0.15) is 5.26 Å². The molecule has 16 heavy (non-hydrogen) atoms. The molecule has 0 aliphatic rings. The van der Waals surface area contributed by atoms with Crippen molar-refractivity contribution in [2.45, 2.75) is 0 Å². The van der Waals surface area contributed by atoms with Gasteiger partial charge in [0.25, 0.3) is 0 Å². The van der Waals surface area contributed by atoms with Crippen LogP contribution in [-0.4, -0.2) is 36.5 Å². The highest BCUT2D eigenvalue weighted by Crippen LogP contribution is 2.22. The zero-order chi connectivity index (χ0) is 11.8. The molecule has 86 valence electrons. The Morgan fingerprint density at radius 3 is 3.06 bits per heavy atom. The van der Waals surface area contributed by atoms with Crippen LogP contribution in [0.3, 0.4) is 0 Å². The van der Waals surface area contributed by atoms with E-state index in [2.05, 4.69) is 10.3 Å². The van der Waals surface area contributed by atoms with Crippen LogP contribution in [0, 0.1) is 11.3 Å². The van der Waals surface area contributed by atoms with E-state index in [1.807, 2.05) is 6.07 Å². The van der Waals surface area contributed by atoms with Crippen LogP contribution in [0.4, 0.5) is 5.82 Å². The summed E-state index contributed by atoms with van der Waals surface area (Å²) in [6.07, 6.45) is 1.52. The van der Waals surface area contributed by atoms with Crippen LogP contribution >= 0.6 is 11.6 Å². The monoisotopic (exact) mass is 241 g/mol. The van der Waals surface area contributed by atoms with Crippen molar-refractivity contribution in [1.29, 1.82) is 5.26 Å². The lowest BCUT2D eigenvalue weighted by atomic mass is 10.3. The highest BCUT2D eigenvalue weighted by molar-refractivity contribution is 6.34. The van der Waals surface area contributed by atoms with E-state index in [1.165, 1.54) is 6.20 Å². The van der Waals surface area contributed by atoms with Crippen LogP contribution in [0.2, 0.25) is 5.02 Å². The summed E-state index contributed by atoms with van der Waals surface area (Å²) < 4.78 is 5.05. The molecule has 0 atom stereocenters. The first kappa shape index (κ1) is 12.7. The average molecular weight is 242 g/mol. The number of pyridine rings is 1. The van der Waals surface area contributed by atoms with E-state index in [0.29, 0.717) is 36.2 Å². The summed E-state index contributed by atoms with van der Waals surface area (Å²) in [5.41, 5.74) is 0.385. The van der Waals surface area contributed by atoms with E-state index < -0.39 is 0 Å². The van der Waals surface area contributed by atoms with E-state index in [1.54, 1.807) is 6.07 Å². The summed E-state index contributed by atoms with van der Waals surface area (Å²) >= 11 is 5.92.